The minimum absolute atomic E-state index is 0.0850. The monoisotopic (exact) mass is 575 g/mol. The summed E-state index contributed by atoms with van der Waals surface area (Å²) in [5.41, 5.74) is 6.45. The van der Waals surface area contributed by atoms with E-state index >= 15 is 0 Å². The third-order valence-corrected chi connectivity index (χ3v) is 10.3. The summed E-state index contributed by atoms with van der Waals surface area (Å²) in [4.78, 5) is 9.74. The summed E-state index contributed by atoms with van der Waals surface area (Å²) in [6.45, 7) is 11.6. The summed E-state index contributed by atoms with van der Waals surface area (Å²) in [6, 6.07) is 9.03. The molecular weight excluding hydrogens is 538 g/mol. The second-order valence-corrected chi connectivity index (χ2v) is 13.9. The average molecular weight is 576 g/mol. The summed E-state index contributed by atoms with van der Waals surface area (Å²) in [6.07, 6.45) is 3.20. The van der Waals surface area contributed by atoms with Crippen LogP contribution in [-0.4, -0.2) is 53.0 Å². The molecule has 0 saturated carbocycles. The molecule has 11 heteroatoms. The molecule has 1 saturated heterocycles. The molecule has 0 amide bonds. The van der Waals surface area contributed by atoms with Crippen LogP contribution in [0.4, 0.5) is 23.1 Å². The van der Waals surface area contributed by atoms with Crippen molar-refractivity contribution in [2.75, 3.05) is 23.7 Å². The van der Waals surface area contributed by atoms with Gasteiger partial charge in [-0.15, -0.1) is 0 Å². The van der Waals surface area contributed by atoms with E-state index in [0.29, 0.717) is 34.4 Å². The van der Waals surface area contributed by atoms with E-state index in [-0.39, 0.29) is 11.0 Å². The van der Waals surface area contributed by atoms with Crippen molar-refractivity contribution >= 4 is 44.0 Å². The molecule has 2 aromatic carbocycles. The molecule has 6 rings (SSSR count). The van der Waals surface area contributed by atoms with Crippen LogP contribution >= 0.6 is 0 Å². The fraction of sp³-hybridized carbons (Fsp3) is 0.433. The van der Waals surface area contributed by atoms with E-state index in [9.17, 15) is 8.42 Å². The fourth-order valence-corrected chi connectivity index (χ4v) is 7.26. The highest BCUT2D eigenvalue weighted by molar-refractivity contribution is 7.92. The molecule has 2 aromatic heterocycles. The van der Waals surface area contributed by atoms with Crippen molar-refractivity contribution in [3.05, 3.63) is 52.7 Å². The van der Waals surface area contributed by atoms with E-state index in [1.54, 1.807) is 38.1 Å². The first-order chi connectivity index (χ1) is 19.6. The third kappa shape index (κ3) is 5.01. The number of aromatic nitrogens is 4. The Hall–Kier alpha value is -3.70. The van der Waals surface area contributed by atoms with E-state index in [0.717, 1.165) is 49.5 Å². The second-order valence-electron chi connectivity index (χ2n) is 11.4. The van der Waals surface area contributed by atoms with Crippen molar-refractivity contribution in [2.45, 2.75) is 76.0 Å². The zero-order valence-corrected chi connectivity index (χ0v) is 24.9. The number of para-hydroxylation sites is 1. The van der Waals surface area contributed by atoms with E-state index in [1.165, 1.54) is 16.7 Å². The Morgan fingerprint density at radius 3 is 2.56 bits per heavy atom. The number of sulfone groups is 1. The standard InChI is InChI=1S/C30H37N7O3S/c1-16(2)41(38,39)24-9-7-6-8-22(24)32-28-26-19(5)36-37-29(26)35-30(34-28)33-23-14-17(3)25(20-10-12-31-13-11-20)21-15-18(4)40-27(21)23/h6-9,14,16,18,20,31H,10-13,15H2,1-5H3,(H3,32,33,34,35,36,37)/t18-/m1/s1. The molecular formula is C30H37N7O3S. The Balaban J connectivity index is 1.41. The normalized spacial score (nSPS) is 17.6. The van der Waals surface area contributed by atoms with Gasteiger partial charge in [0.1, 0.15) is 17.7 Å². The van der Waals surface area contributed by atoms with Crippen LogP contribution in [0.25, 0.3) is 11.0 Å². The lowest BCUT2D eigenvalue weighted by molar-refractivity contribution is 0.256. The van der Waals surface area contributed by atoms with Crippen LogP contribution in [0.15, 0.2) is 35.2 Å². The number of aryl methyl sites for hydroxylation is 2. The first-order valence-electron chi connectivity index (χ1n) is 14.3. The second kappa shape index (κ2) is 10.6. The number of nitrogens with zero attached hydrogens (tertiary/aromatic N) is 3. The smallest absolute Gasteiger partial charge is 0.231 e. The van der Waals surface area contributed by atoms with Gasteiger partial charge >= 0.3 is 0 Å². The number of rotatable bonds is 7. The highest BCUT2D eigenvalue weighted by atomic mass is 32.2. The van der Waals surface area contributed by atoms with Gasteiger partial charge in [0.05, 0.1) is 26.9 Å². The topological polar surface area (TPSA) is 134 Å². The molecule has 2 aliphatic heterocycles. The molecule has 4 N–H and O–H groups in total. The largest absolute Gasteiger partial charge is 0.488 e. The molecule has 0 bridgehead atoms. The number of H-pyrrole nitrogens is 1. The summed E-state index contributed by atoms with van der Waals surface area (Å²) in [7, 11) is -3.53. The number of nitrogens with one attached hydrogen (secondary N) is 4. The highest BCUT2D eigenvalue weighted by Gasteiger charge is 2.31. The van der Waals surface area contributed by atoms with Crippen molar-refractivity contribution in [2.24, 2.45) is 0 Å². The van der Waals surface area contributed by atoms with Gasteiger partial charge in [-0.2, -0.15) is 15.1 Å². The molecule has 4 aromatic rings. The Bertz CT molecular complexity index is 1730. The molecule has 216 valence electrons. The van der Waals surface area contributed by atoms with Gasteiger partial charge in [0.15, 0.2) is 15.5 Å². The van der Waals surface area contributed by atoms with Gasteiger partial charge in [-0.05, 0) is 95.8 Å². The van der Waals surface area contributed by atoms with Gasteiger partial charge in [0.2, 0.25) is 5.95 Å². The van der Waals surface area contributed by atoms with Crippen molar-refractivity contribution in [1.82, 2.24) is 25.5 Å². The minimum atomic E-state index is -3.53. The number of piperidine rings is 1. The predicted octanol–water partition coefficient (Wildman–Crippen LogP) is 5.43. The van der Waals surface area contributed by atoms with Gasteiger partial charge in [-0.1, -0.05) is 12.1 Å². The zero-order chi connectivity index (χ0) is 28.9. The first-order valence-corrected chi connectivity index (χ1v) is 15.8. The molecule has 10 nitrogen and oxygen atoms in total. The maximum atomic E-state index is 13.1. The van der Waals surface area contributed by atoms with Crippen molar-refractivity contribution in [1.29, 1.82) is 0 Å². The van der Waals surface area contributed by atoms with Gasteiger partial charge < -0.3 is 20.7 Å². The van der Waals surface area contributed by atoms with E-state index in [4.69, 9.17) is 14.7 Å². The maximum Gasteiger partial charge on any atom is 0.231 e. The lowest BCUT2D eigenvalue weighted by atomic mass is 9.83. The number of aromatic amines is 1. The Morgan fingerprint density at radius 2 is 1.80 bits per heavy atom. The number of anilines is 4. The number of fused-ring (bicyclic) bond motifs is 2. The predicted molar refractivity (Wildman–Crippen MR) is 162 cm³/mol. The van der Waals surface area contributed by atoms with Gasteiger partial charge in [0.25, 0.3) is 0 Å². The van der Waals surface area contributed by atoms with Gasteiger partial charge in [-0.25, -0.2) is 8.42 Å². The summed E-state index contributed by atoms with van der Waals surface area (Å²) in [5.74, 6) is 2.19. The molecule has 1 atom stereocenters. The highest BCUT2D eigenvalue weighted by Crippen LogP contribution is 2.45. The van der Waals surface area contributed by atoms with E-state index in [2.05, 4.69) is 46.1 Å². The lowest BCUT2D eigenvalue weighted by Gasteiger charge is -2.27. The zero-order valence-electron chi connectivity index (χ0n) is 24.1. The van der Waals surface area contributed by atoms with Crippen LogP contribution in [0.2, 0.25) is 0 Å². The molecule has 2 aliphatic rings. The Labute approximate surface area is 240 Å². The Morgan fingerprint density at radius 1 is 1.05 bits per heavy atom. The quantitative estimate of drug-likeness (QED) is 0.228. The molecule has 41 heavy (non-hydrogen) atoms. The molecule has 1 fully saturated rings. The van der Waals surface area contributed by atoms with Crippen LogP contribution in [0.5, 0.6) is 5.75 Å². The van der Waals surface area contributed by atoms with Gasteiger partial charge in [0, 0.05) is 17.7 Å². The minimum Gasteiger partial charge on any atom is -0.488 e. The molecule has 4 heterocycles. The Kier molecular flexibility index (Phi) is 7.11. The van der Waals surface area contributed by atoms with E-state index < -0.39 is 15.1 Å². The molecule has 0 spiro atoms. The number of ether oxygens (including phenoxy) is 1. The average Bonchev–Trinajstić information content (AvgIpc) is 3.51. The van der Waals surface area contributed by atoms with Crippen LogP contribution in [0.3, 0.4) is 0 Å². The van der Waals surface area contributed by atoms with Crippen molar-refractivity contribution in [3.63, 3.8) is 0 Å². The summed E-state index contributed by atoms with van der Waals surface area (Å²) >= 11 is 0. The van der Waals surface area contributed by atoms with Crippen LogP contribution < -0.4 is 20.7 Å². The summed E-state index contributed by atoms with van der Waals surface area (Å²) in [5, 5.41) is 17.7. The molecule has 0 unspecified atom stereocenters. The van der Waals surface area contributed by atoms with E-state index in [1.807, 2.05) is 6.92 Å². The lowest BCUT2D eigenvalue weighted by Crippen LogP contribution is -2.27. The van der Waals surface area contributed by atoms with Crippen LogP contribution in [-0.2, 0) is 16.3 Å². The number of benzene rings is 2. The SMILES string of the molecule is Cc1cc(Nc2nc(Nc3ccccc3S(=O)(=O)C(C)C)c3c(C)[nH]nc3n2)c2c(c1C1CCNCC1)C[C@@H](C)O2. The molecule has 0 radical (unpaired) electrons. The number of hydrogen-bond acceptors (Lipinski definition) is 9. The van der Waals surface area contributed by atoms with Crippen LogP contribution in [0.1, 0.15) is 61.9 Å². The van der Waals surface area contributed by atoms with Crippen molar-refractivity contribution < 1.29 is 13.2 Å². The molecule has 0 aliphatic carbocycles. The first kappa shape index (κ1) is 27.5. The van der Waals surface area contributed by atoms with Crippen LogP contribution in [0, 0.1) is 13.8 Å². The number of hydrogen-bond donors (Lipinski definition) is 4. The fourth-order valence-electron chi connectivity index (χ4n) is 6.06. The van der Waals surface area contributed by atoms with Gasteiger partial charge in [-0.3, -0.25) is 5.10 Å². The third-order valence-electron chi connectivity index (χ3n) is 8.10. The van der Waals surface area contributed by atoms with Crippen molar-refractivity contribution in [3.8, 4) is 5.75 Å². The summed E-state index contributed by atoms with van der Waals surface area (Å²) < 4.78 is 32.6. The maximum absolute atomic E-state index is 13.1.